The van der Waals surface area contributed by atoms with E-state index in [0.29, 0.717) is 11.7 Å². The maximum Gasteiger partial charge on any atom is 0.243 e. The van der Waals surface area contributed by atoms with Crippen LogP contribution in [0.25, 0.3) is 11.3 Å². The third kappa shape index (κ3) is 4.01. The van der Waals surface area contributed by atoms with Gasteiger partial charge in [0.15, 0.2) is 5.13 Å². The fraction of sp³-hybridized carbons (Fsp3) is 0.188. The zero-order valence-corrected chi connectivity index (χ0v) is 14.2. The largest absolute Gasteiger partial charge is 0.301 e. The molecule has 3 rings (SSSR count). The number of nitrogens with zero attached hydrogens (tertiary/aromatic N) is 2. The lowest BCUT2D eigenvalue weighted by Crippen LogP contribution is -2.37. The van der Waals surface area contributed by atoms with Crippen LogP contribution in [0.3, 0.4) is 0 Å². The molecule has 118 valence electrons. The van der Waals surface area contributed by atoms with Gasteiger partial charge in [-0.05, 0) is 6.92 Å². The molecule has 1 amide bonds. The standard InChI is InChI=1S/C16H16N4OS2/c1-11(15(21)20-16-17-7-8-22-16)18-9-13-14(19-10-23-13)12-5-3-2-4-6-12/h2-8,10-11,18H,9H2,1H3,(H,17,20,21). The topological polar surface area (TPSA) is 66.9 Å². The van der Waals surface area contributed by atoms with Gasteiger partial charge in [0.2, 0.25) is 5.91 Å². The lowest BCUT2D eigenvalue weighted by atomic mass is 10.1. The summed E-state index contributed by atoms with van der Waals surface area (Å²) in [7, 11) is 0. The second-order valence-corrected chi connectivity index (χ2v) is 6.75. The average Bonchev–Trinajstić information content (AvgIpc) is 3.24. The molecule has 0 fully saturated rings. The lowest BCUT2D eigenvalue weighted by Gasteiger charge is -2.12. The third-order valence-corrected chi connectivity index (χ3v) is 4.83. The van der Waals surface area contributed by atoms with Crippen LogP contribution in [0.5, 0.6) is 0 Å². The molecule has 23 heavy (non-hydrogen) atoms. The van der Waals surface area contributed by atoms with Crippen molar-refractivity contribution in [2.45, 2.75) is 19.5 Å². The minimum Gasteiger partial charge on any atom is -0.301 e. The average molecular weight is 344 g/mol. The van der Waals surface area contributed by atoms with E-state index in [1.807, 2.05) is 48.1 Å². The zero-order valence-electron chi connectivity index (χ0n) is 12.5. The number of thiazole rings is 2. The van der Waals surface area contributed by atoms with Gasteiger partial charge in [-0.1, -0.05) is 30.3 Å². The van der Waals surface area contributed by atoms with Gasteiger partial charge in [0.1, 0.15) is 0 Å². The molecule has 2 N–H and O–H groups in total. The van der Waals surface area contributed by atoms with E-state index in [1.165, 1.54) is 11.3 Å². The number of hydrogen-bond acceptors (Lipinski definition) is 6. The highest BCUT2D eigenvalue weighted by molar-refractivity contribution is 7.13. The molecular weight excluding hydrogens is 328 g/mol. The van der Waals surface area contributed by atoms with E-state index < -0.39 is 0 Å². The van der Waals surface area contributed by atoms with E-state index in [0.717, 1.165) is 16.1 Å². The first-order valence-electron chi connectivity index (χ1n) is 7.15. The summed E-state index contributed by atoms with van der Waals surface area (Å²) in [6.07, 6.45) is 1.67. The van der Waals surface area contributed by atoms with E-state index in [2.05, 4.69) is 20.6 Å². The predicted molar refractivity (Wildman–Crippen MR) is 94.6 cm³/mol. The number of hydrogen-bond donors (Lipinski definition) is 2. The van der Waals surface area contributed by atoms with Crippen LogP contribution >= 0.6 is 22.7 Å². The number of aromatic nitrogens is 2. The highest BCUT2D eigenvalue weighted by atomic mass is 32.1. The summed E-state index contributed by atoms with van der Waals surface area (Å²) < 4.78 is 0. The number of rotatable bonds is 6. The Balaban J connectivity index is 1.60. The molecule has 0 aliphatic rings. The Hall–Kier alpha value is -2.09. The number of anilines is 1. The summed E-state index contributed by atoms with van der Waals surface area (Å²) in [5.41, 5.74) is 3.89. The molecule has 2 heterocycles. The summed E-state index contributed by atoms with van der Waals surface area (Å²) in [5.74, 6) is -0.0919. The predicted octanol–water partition coefficient (Wildman–Crippen LogP) is 3.38. The Morgan fingerprint density at radius 1 is 1.22 bits per heavy atom. The van der Waals surface area contributed by atoms with Crippen molar-refractivity contribution in [2.24, 2.45) is 0 Å². The van der Waals surface area contributed by atoms with Gasteiger partial charge in [0.25, 0.3) is 0 Å². The van der Waals surface area contributed by atoms with Gasteiger partial charge < -0.3 is 10.6 Å². The second kappa shape index (κ2) is 7.45. The Bertz CT molecular complexity index is 756. The van der Waals surface area contributed by atoms with Gasteiger partial charge in [-0.3, -0.25) is 4.79 Å². The van der Waals surface area contributed by atoms with Gasteiger partial charge in [0, 0.05) is 28.6 Å². The number of benzene rings is 1. The molecule has 2 aromatic heterocycles. The van der Waals surface area contributed by atoms with Gasteiger partial charge >= 0.3 is 0 Å². The first-order valence-corrected chi connectivity index (χ1v) is 8.91. The minimum absolute atomic E-state index is 0.0919. The van der Waals surface area contributed by atoms with Crippen LogP contribution in [0, 0.1) is 0 Å². The summed E-state index contributed by atoms with van der Waals surface area (Å²) >= 11 is 2.99. The minimum atomic E-state index is -0.315. The second-order valence-electron chi connectivity index (χ2n) is 4.92. The third-order valence-electron chi connectivity index (χ3n) is 3.31. The van der Waals surface area contributed by atoms with Crippen molar-refractivity contribution in [1.82, 2.24) is 15.3 Å². The lowest BCUT2D eigenvalue weighted by molar-refractivity contribution is -0.117. The molecule has 1 aromatic carbocycles. The summed E-state index contributed by atoms with van der Waals surface area (Å²) in [6.45, 7) is 2.44. The van der Waals surface area contributed by atoms with E-state index in [1.54, 1.807) is 17.5 Å². The first-order chi connectivity index (χ1) is 11.2. The normalized spacial score (nSPS) is 12.0. The smallest absolute Gasteiger partial charge is 0.243 e. The van der Waals surface area contributed by atoms with Crippen LogP contribution in [0.4, 0.5) is 5.13 Å². The number of amides is 1. The van der Waals surface area contributed by atoms with Gasteiger partial charge in [-0.15, -0.1) is 22.7 Å². The first kappa shape index (κ1) is 15.8. The molecule has 0 saturated carbocycles. The van der Waals surface area contributed by atoms with E-state index in [9.17, 15) is 4.79 Å². The SMILES string of the molecule is CC(NCc1scnc1-c1ccccc1)C(=O)Nc1nccs1. The Labute approximate surface area is 142 Å². The quantitative estimate of drug-likeness (QED) is 0.719. The van der Waals surface area contributed by atoms with E-state index in [-0.39, 0.29) is 11.9 Å². The fourth-order valence-corrected chi connectivity index (χ4v) is 3.33. The molecular formula is C16H16N4OS2. The molecule has 0 aliphatic heterocycles. The van der Waals surface area contributed by atoms with Crippen molar-refractivity contribution in [3.05, 3.63) is 52.3 Å². The van der Waals surface area contributed by atoms with Crippen molar-refractivity contribution >= 4 is 33.7 Å². The highest BCUT2D eigenvalue weighted by Crippen LogP contribution is 2.25. The Morgan fingerprint density at radius 3 is 2.78 bits per heavy atom. The number of nitrogens with one attached hydrogen (secondary N) is 2. The molecule has 0 aliphatic carbocycles. The van der Waals surface area contributed by atoms with Crippen molar-refractivity contribution in [3.63, 3.8) is 0 Å². The molecule has 0 radical (unpaired) electrons. The van der Waals surface area contributed by atoms with Crippen LogP contribution in [-0.4, -0.2) is 21.9 Å². The highest BCUT2D eigenvalue weighted by Gasteiger charge is 2.15. The molecule has 0 bridgehead atoms. The molecule has 3 aromatic rings. The van der Waals surface area contributed by atoms with E-state index in [4.69, 9.17) is 0 Å². The van der Waals surface area contributed by atoms with Gasteiger partial charge in [0.05, 0.1) is 17.2 Å². The fourth-order valence-electron chi connectivity index (χ4n) is 2.06. The maximum absolute atomic E-state index is 12.1. The zero-order chi connectivity index (χ0) is 16.1. The molecule has 7 heteroatoms. The molecule has 1 atom stereocenters. The van der Waals surface area contributed by atoms with Crippen LogP contribution in [-0.2, 0) is 11.3 Å². The van der Waals surface area contributed by atoms with Gasteiger partial charge in [-0.2, -0.15) is 0 Å². The molecule has 0 saturated heterocycles. The van der Waals surface area contributed by atoms with Crippen molar-refractivity contribution in [3.8, 4) is 11.3 Å². The molecule has 0 spiro atoms. The van der Waals surface area contributed by atoms with E-state index >= 15 is 0 Å². The van der Waals surface area contributed by atoms with Crippen LogP contribution in [0.2, 0.25) is 0 Å². The number of carbonyl (C=O) groups is 1. The monoisotopic (exact) mass is 344 g/mol. The molecule has 5 nitrogen and oxygen atoms in total. The van der Waals surface area contributed by atoms with Crippen LogP contribution in [0.15, 0.2) is 47.4 Å². The summed E-state index contributed by atoms with van der Waals surface area (Å²) in [6, 6.07) is 9.74. The van der Waals surface area contributed by atoms with Gasteiger partial charge in [-0.25, -0.2) is 9.97 Å². The van der Waals surface area contributed by atoms with Crippen molar-refractivity contribution < 1.29 is 4.79 Å². The summed E-state index contributed by atoms with van der Waals surface area (Å²) in [5, 5.41) is 8.48. The van der Waals surface area contributed by atoms with Crippen LogP contribution < -0.4 is 10.6 Å². The Kier molecular flexibility index (Phi) is 5.12. The Morgan fingerprint density at radius 2 is 2.04 bits per heavy atom. The maximum atomic E-state index is 12.1. The van der Waals surface area contributed by atoms with Crippen molar-refractivity contribution in [2.75, 3.05) is 5.32 Å². The number of carbonyl (C=O) groups excluding carboxylic acids is 1. The van der Waals surface area contributed by atoms with Crippen molar-refractivity contribution in [1.29, 1.82) is 0 Å². The van der Waals surface area contributed by atoms with Crippen LogP contribution in [0.1, 0.15) is 11.8 Å². The molecule has 1 unspecified atom stereocenters. The summed E-state index contributed by atoms with van der Waals surface area (Å²) in [4.78, 5) is 21.7.